The molecule has 10 rings (SSSR count). The van der Waals surface area contributed by atoms with Gasteiger partial charge in [-0.1, -0.05) is 111 Å². The summed E-state index contributed by atoms with van der Waals surface area (Å²) in [7, 11) is 0. The summed E-state index contributed by atoms with van der Waals surface area (Å²) in [5, 5.41) is 2.67. The third-order valence-corrected chi connectivity index (χ3v) is 12.1. The van der Waals surface area contributed by atoms with Crippen LogP contribution in [0.1, 0.15) is 84.6 Å². The minimum atomic E-state index is -0.0468. The lowest BCUT2D eigenvalue weighted by Crippen LogP contribution is -2.62. The lowest BCUT2D eigenvalue weighted by molar-refractivity contribution is 0.590. The summed E-state index contributed by atoms with van der Waals surface area (Å²) in [5.74, 6) is 0. The topological polar surface area (TPSA) is 11.4 Å². The van der Waals surface area contributed by atoms with Crippen LogP contribution in [-0.4, -0.2) is 11.3 Å². The highest BCUT2D eigenvalue weighted by atomic mass is 15.2. The predicted molar refractivity (Wildman–Crippen MR) is 229 cm³/mol. The second-order valence-corrected chi connectivity index (χ2v) is 18.9. The first-order chi connectivity index (χ1) is 25.1. The number of fused-ring (bicyclic) bond motifs is 9. The van der Waals surface area contributed by atoms with Crippen LogP contribution in [0.2, 0.25) is 0 Å². The molecule has 0 bridgehead atoms. The number of nitrogens with zero attached hydrogens (tertiary/aromatic N) is 3. The molecule has 262 valence electrons. The Labute approximate surface area is 315 Å². The van der Waals surface area contributed by atoms with Crippen LogP contribution in [0.25, 0.3) is 27.5 Å². The maximum atomic E-state index is 2.66. The summed E-state index contributed by atoms with van der Waals surface area (Å²) in [6, 6.07) is 42.2. The number of benzene rings is 6. The Morgan fingerprint density at radius 1 is 0.472 bits per heavy atom. The van der Waals surface area contributed by atoms with E-state index in [1.54, 1.807) is 0 Å². The zero-order chi connectivity index (χ0) is 36.9. The normalized spacial score (nSPS) is 14.5. The van der Waals surface area contributed by atoms with E-state index in [1.807, 2.05) is 0 Å². The number of aromatic nitrogens is 1. The summed E-state index contributed by atoms with van der Waals surface area (Å²) in [4.78, 5) is 5.17. The maximum absolute atomic E-state index is 2.66. The maximum Gasteiger partial charge on any atom is 0.252 e. The van der Waals surface area contributed by atoms with Gasteiger partial charge in [0, 0.05) is 33.5 Å². The van der Waals surface area contributed by atoms with E-state index in [-0.39, 0.29) is 23.0 Å². The molecule has 0 spiro atoms. The first-order valence-corrected chi connectivity index (χ1v) is 19.3. The van der Waals surface area contributed by atoms with E-state index >= 15 is 0 Å². The van der Waals surface area contributed by atoms with Crippen LogP contribution in [0.15, 0.2) is 109 Å². The third-order valence-electron chi connectivity index (χ3n) is 12.1. The first-order valence-electron chi connectivity index (χ1n) is 19.3. The summed E-state index contributed by atoms with van der Waals surface area (Å²) in [6.45, 7) is 23.5. The standard InChI is InChI=1S/C49H48BN3/c1-29-22-40-44-41(23-29)53-42-27-31(48(5,6)7)25-35-34-24-30(47(2,3)4)20-21-38(34)52(45(35)42)43-28-32(49(8,9)10)26-37(46(43)53)50(44)36-18-14-15-19-39(36)51(40)33-16-12-11-13-17-33/h11-28H,1-10H3. The average Bonchev–Trinajstić information content (AvgIpc) is 3.44. The van der Waals surface area contributed by atoms with E-state index in [4.69, 9.17) is 0 Å². The van der Waals surface area contributed by atoms with Gasteiger partial charge in [0.15, 0.2) is 0 Å². The number of anilines is 6. The van der Waals surface area contributed by atoms with Gasteiger partial charge in [0.2, 0.25) is 0 Å². The molecule has 7 aromatic rings. The molecule has 1 aromatic heterocycles. The molecule has 0 fully saturated rings. The van der Waals surface area contributed by atoms with Crippen molar-refractivity contribution in [2.45, 2.75) is 85.5 Å². The summed E-state index contributed by atoms with van der Waals surface area (Å²) < 4.78 is 2.62. The Morgan fingerprint density at radius 3 is 1.77 bits per heavy atom. The lowest BCUT2D eigenvalue weighted by atomic mass is 9.33. The minimum absolute atomic E-state index is 0.0344. The molecule has 0 saturated heterocycles. The molecular formula is C49H48BN3. The van der Waals surface area contributed by atoms with Gasteiger partial charge in [-0.3, -0.25) is 0 Å². The van der Waals surface area contributed by atoms with Crippen LogP contribution in [0.4, 0.5) is 34.1 Å². The quantitative estimate of drug-likeness (QED) is 0.159. The van der Waals surface area contributed by atoms with Crippen molar-refractivity contribution in [3.8, 4) is 5.69 Å². The van der Waals surface area contributed by atoms with Gasteiger partial charge in [0.25, 0.3) is 6.71 Å². The van der Waals surface area contributed by atoms with Crippen LogP contribution in [0.3, 0.4) is 0 Å². The van der Waals surface area contributed by atoms with Crippen LogP contribution in [0.5, 0.6) is 0 Å². The molecule has 4 heterocycles. The Morgan fingerprint density at radius 2 is 1.08 bits per heavy atom. The number of hydrogen-bond donors (Lipinski definition) is 0. The van der Waals surface area contributed by atoms with Crippen molar-refractivity contribution in [1.82, 2.24) is 4.57 Å². The van der Waals surface area contributed by atoms with Crippen molar-refractivity contribution in [3.05, 3.63) is 131 Å². The smallest absolute Gasteiger partial charge is 0.252 e. The molecule has 0 atom stereocenters. The van der Waals surface area contributed by atoms with Gasteiger partial charge in [0.05, 0.1) is 28.1 Å². The van der Waals surface area contributed by atoms with E-state index in [0.29, 0.717) is 0 Å². The Bertz CT molecular complexity index is 2700. The third kappa shape index (κ3) is 4.48. The second kappa shape index (κ2) is 10.5. The Hall–Kier alpha value is -5.22. The fourth-order valence-corrected chi connectivity index (χ4v) is 9.35. The SMILES string of the molecule is Cc1cc2c3c(c1)N1c4c(cc(C(C)(C)C)cc4-n4c5ccc(C(C)(C)C)cc5c5cc(C(C)(C)C)cc1c54)B3c1ccccc1N2c1ccccc1. The number of rotatable bonds is 1. The molecule has 0 aliphatic carbocycles. The largest absolute Gasteiger partial charge is 0.311 e. The molecule has 3 aliphatic heterocycles. The zero-order valence-corrected chi connectivity index (χ0v) is 32.8. The highest BCUT2D eigenvalue weighted by Gasteiger charge is 2.47. The molecule has 0 amide bonds. The predicted octanol–water partition coefficient (Wildman–Crippen LogP) is 11.4. The molecule has 4 heteroatoms. The molecule has 6 aromatic carbocycles. The van der Waals surface area contributed by atoms with Crippen LogP contribution in [0, 0.1) is 6.92 Å². The molecule has 0 radical (unpaired) electrons. The lowest BCUT2D eigenvalue weighted by Gasteiger charge is -2.47. The molecule has 3 nitrogen and oxygen atoms in total. The van der Waals surface area contributed by atoms with E-state index in [2.05, 4.69) is 193 Å². The molecule has 3 aliphatic rings. The summed E-state index contributed by atoms with van der Waals surface area (Å²) >= 11 is 0. The van der Waals surface area contributed by atoms with Gasteiger partial charge in [-0.05, 0) is 122 Å². The molecule has 53 heavy (non-hydrogen) atoms. The van der Waals surface area contributed by atoms with E-state index in [1.165, 1.54) is 100 Å². The monoisotopic (exact) mass is 689 g/mol. The van der Waals surface area contributed by atoms with Gasteiger partial charge in [-0.25, -0.2) is 0 Å². The van der Waals surface area contributed by atoms with Crippen LogP contribution < -0.4 is 26.2 Å². The molecular weight excluding hydrogens is 641 g/mol. The van der Waals surface area contributed by atoms with Crippen molar-refractivity contribution >= 4 is 79.0 Å². The van der Waals surface area contributed by atoms with E-state index in [0.717, 1.165) is 0 Å². The van der Waals surface area contributed by atoms with Crippen LogP contribution in [-0.2, 0) is 16.2 Å². The minimum Gasteiger partial charge on any atom is -0.311 e. The Balaban J connectivity index is 1.42. The van der Waals surface area contributed by atoms with Crippen molar-refractivity contribution in [2.75, 3.05) is 9.80 Å². The van der Waals surface area contributed by atoms with Crippen molar-refractivity contribution in [3.63, 3.8) is 0 Å². The van der Waals surface area contributed by atoms with Gasteiger partial charge in [-0.15, -0.1) is 0 Å². The van der Waals surface area contributed by atoms with Crippen molar-refractivity contribution < 1.29 is 0 Å². The zero-order valence-electron chi connectivity index (χ0n) is 32.8. The molecule has 0 saturated carbocycles. The van der Waals surface area contributed by atoms with Gasteiger partial charge in [0.1, 0.15) is 0 Å². The fraction of sp³-hybridized carbons (Fsp3) is 0.265. The van der Waals surface area contributed by atoms with Gasteiger partial charge in [-0.2, -0.15) is 0 Å². The number of para-hydroxylation sites is 2. The number of hydrogen-bond acceptors (Lipinski definition) is 2. The second-order valence-electron chi connectivity index (χ2n) is 18.9. The average molecular weight is 690 g/mol. The first kappa shape index (κ1) is 32.4. The molecule has 0 N–H and O–H groups in total. The van der Waals surface area contributed by atoms with Crippen molar-refractivity contribution in [1.29, 1.82) is 0 Å². The summed E-state index contributed by atoms with van der Waals surface area (Å²) in [5.41, 5.74) is 20.9. The molecule has 0 unspecified atom stereocenters. The van der Waals surface area contributed by atoms with Gasteiger partial charge < -0.3 is 14.4 Å². The van der Waals surface area contributed by atoms with E-state index < -0.39 is 0 Å². The fourth-order valence-electron chi connectivity index (χ4n) is 9.35. The Kier molecular flexibility index (Phi) is 6.41. The van der Waals surface area contributed by atoms with Crippen LogP contribution >= 0.6 is 0 Å². The van der Waals surface area contributed by atoms with E-state index in [9.17, 15) is 0 Å². The van der Waals surface area contributed by atoms with Gasteiger partial charge >= 0.3 is 0 Å². The summed E-state index contributed by atoms with van der Waals surface area (Å²) in [6.07, 6.45) is 0. The highest BCUT2D eigenvalue weighted by molar-refractivity contribution is 7.00. The highest BCUT2D eigenvalue weighted by Crippen LogP contribution is 2.54. The van der Waals surface area contributed by atoms with Crippen molar-refractivity contribution in [2.24, 2.45) is 0 Å². The number of aryl methyl sites for hydroxylation is 1.